The van der Waals surface area contributed by atoms with Crippen molar-refractivity contribution >= 4 is 0 Å². The number of rotatable bonds is 3. The molecule has 0 unspecified atom stereocenters. The first-order valence-electron chi connectivity index (χ1n) is 4.00. The van der Waals surface area contributed by atoms with Crippen LogP contribution in [0.1, 0.15) is 11.1 Å². The van der Waals surface area contributed by atoms with Gasteiger partial charge in [-0.15, -0.1) is 0 Å². The number of nitrogens with zero attached hydrogens (tertiary/aromatic N) is 2. The summed E-state index contributed by atoms with van der Waals surface area (Å²) in [4.78, 5) is 6.14. The van der Waals surface area contributed by atoms with Crippen LogP contribution < -0.4 is 5.73 Å². The SMILES string of the molecule is CN(C)Cc1ccncc1CN. The molecule has 0 saturated heterocycles. The molecule has 2 N–H and O–H groups in total. The Morgan fingerprint density at radius 1 is 1.42 bits per heavy atom. The Morgan fingerprint density at radius 2 is 2.17 bits per heavy atom. The number of nitrogens with two attached hydrogens (primary N) is 1. The highest BCUT2D eigenvalue weighted by molar-refractivity contribution is 5.22. The van der Waals surface area contributed by atoms with Crippen molar-refractivity contribution in [3.8, 4) is 0 Å². The van der Waals surface area contributed by atoms with E-state index < -0.39 is 0 Å². The summed E-state index contributed by atoms with van der Waals surface area (Å²) >= 11 is 0. The van der Waals surface area contributed by atoms with E-state index in [1.165, 1.54) is 5.56 Å². The van der Waals surface area contributed by atoms with Crippen molar-refractivity contribution in [3.05, 3.63) is 29.6 Å². The minimum atomic E-state index is 0.566. The van der Waals surface area contributed by atoms with E-state index in [-0.39, 0.29) is 0 Å². The summed E-state index contributed by atoms with van der Waals surface area (Å²) in [5.74, 6) is 0. The van der Waals surface area contributed by atoms with Crippen molar-refractivity contribution in [3.63, 3.8) is 0 Å². The Hall–Kier alpha value is -0.930. The average Bonchev–Trinajstić information content (AvgIpc) is 2.04. The van der Waals surface area contributed by atoms with Gasteiger partial charge in [0.25, 0.3) is 0 Å². The van der Waals surface area contributed by atoms with Crippen molar-refractivity contribution < 1.29 is 0 Å². The maximum atomic E-state index is 5.57. The molecule has 66 valence electrons. The molecule has 0 aliphatic heterocycles. The maximum absolute atomic E-state index is 5.57. The topological polar surface area (TPSA) is 42.2 Å². The van der Waals surface area contributed by atoms with Crippen LogP contribution in [0.2, 0.25) is 0 Å². The fourth-order valence-electron chi connectivity index (χ4n) is 1.13. The minimum absolute atomic E-state index is 0.566. The van der Waals surface area contributed by atoms with E-state index in [2.05, 4.69) is 9.88 Å². The molecular formula is C9H15N3. The van der Waals surface area contributed by atoms with Crippen molar-refractivity contribution in [1.29, 1.82) is 0 Å². The lowest BCUT2D eigenvalue weighted by Gasteiger charge is -2.12. The van der Waals surface area contributed by atoms with Crippen LogP contribution in [-0.2, 0) is 13.1 Å². The van der Waals surface area contributed by atoms with E-state index in [0.717, 1.165) is 12.1 Å². The highest BCUT2D eigenvalue weighted by atomic mass is 15.0. The van der Waals surface area contributed by atoms with E-state index in [9.17, 15) is 0 Å². The summed E-state index contributed by atoms with van der Waals surface area (Å²) in [6.45, 7) is 1.49. The van der Waals surface area contributed by atoms with E-state index in [1.807, 2.05) is 26.4 Å². The third-order valence-electron chi connectivity index (χ3n) is 1.71. The molecule has 1 rings (SSSR count). The van der Waals surface area contributed by atoms with Crippen LogP contribution in [0.3, 0.4) is 0 Å². The van der Waals surface area contributed by atoms with E-state index >= 15 is 0 Å². The lowest BCUT2D eigenvalue weighted by molar-refractivity contribution is 0.400. The fourth-order valence-corrected chi connectivity index (χ4v) is 1.13. The lowest BCUT2D eigenvalue weighted by atomic mass is 10.1. The minimum Gasteiger partial charge on any atom is -0.326 e. The Bertz CT molecular complexity index is 245. The van der Waals surface area contributed by atoms with Gasteiger partial charge in [-0.05, 0) is 31.3 Å². The van der Waals surface area contributed by atoms with Gasteiger partial charge < -0.3 is 10.6 Å². The van der Waals surface area contributed by atoms with Crippen molar-refractivity contribution in [1.82, 2.24) is 9.88 Å². The second-order valence-electron chi connectivity index (χ2n) is 3.09. The summed E-state index contributed by atoms with van der Waals surface area (Å²) in [6, 6.07) is 2.02. The lowest BCUT2D eigenvalue weighted by Crippen LogP contribution is -2.13. The van der Waals surface area contributed by atoms with Crippen molar-refractivity contribution in [2.45, 2.75) is 13.1 Å². The zero-order chi connectivity index (χ0) is 8.97. The number of aromatic nitrogens is 1. The van der Waals surface area contributed by atoms with Crippen LogP contribution in [-0.4, -0.2) is 24.0 Å². The van der Waals surface area contributed by atoms with Gasteiger partial charge >= 0.3 is 0 Å². The molecule has 0 bridgehead atoms. The molecule has 0 atom stereocenters. The fraction of sp³-hybridized carbons (Fsp3) is 0.444. The van der Waals surface area contributed by atoms with Crippen LogP contribution in [0.25, 0.3) is 0 Å². The van der Waals surface area contributed by atoms with Gasteiger partial charge in [-0.25, -0.2) is 0 Å². The third kappa shape index (κ3) is 2.29. The number of hydrogen-bond acceptors (Lipinski definition) is 3. The maximum Gasteiger partial charge on any atom is 0.0316 e. The van der Waals surface area contributed by atoms with Crippen molar-refractivity contribution in [2.75, 3.05) is 14.1 Å². The molecule has 0 aromatic carbocycles. The Kier molecular flexibility index (Phi) is 3.19. The number of pyridine rings is 1. The molecule has 0 saturated carbocycles. The monoisotopic (exact) mass is 165 g/mol. The van der Waals surface area contributed by atoms with E-state index in [1.54, 1.807) is 6.20 Å². The standard InChI is InChI=1S/C9H15N3/c1-12(2)7-8-3-4-11-6-9(8)5-10/h3-4,6H,5,7,10H2,1-2H3. The van der Waals surface area contributed by atoms with Gasteiger partial charge in [-0.3, -0.25) is 4.98 Å². The molecule has 0 aliphatic carbocycles. The molecule has 1 aromatic heterocycles. The molecule has 0 fully saturated rings. The van der Waals surface area contributed by atoms with Crippen molar-refractivity contribution in [2.24, 2.45) is 5.73 Å². The first kappa shape index (κ1) is 9.16. The summed E-state index contributed by atoms with van der Waals surface area (Å²) < 4.78 is 0. The predicted molar refractivity (Wildman–Crippen MR) is 49.5 cm³/mol. The normalized spacial score (nSPS) is 10.7. The molecule has 0 spiro atoms. The van der Waals surface area contributed by atoms with Gasteiger partial charge in [0.05, 0.1) is 0 Å². The average molecular weight is 165 g/mol. The van der Waals surface area contributed by atoms with Gasteiger partial charge in [0.2, 0.25) is 0 Å². The van der Waals surface area contributed by atoms with Gasteiger partial charge in [0.15, 0.2) is 0 Å². The zero-order valence-corrected chi connectivity index (χ0v) is 7.62. The molecule has 0 radical (unpaired) electrons. The van der Waals surface area contributed by atoms with Gasteiger partial charge in [0.1, 0.15) is 0 Å². The highest BCUT2D eigenvalue weighted by Crippen LogP contribution is 2.07. The van der Waals surface area contributed by atoms with Crippen LogP contribution >= 0.6 is 0 Å². The smallest absolute Gasteiger partial charge is 0.0316 e. The molecule has 0 aliphatic rings. The summed E-state index contributed by atoms with van der Waals surface area (Å²) in [7, 11) is 4.08. The first-order valence-corrected chi connectivity index (χ1v) is 4.00. The summed E-state index contributed by atoms with van der Waals surface area (Å²) in [5.41, 5.74) is 7.96. The molecule has 3 heteroatoms. The van der Waals surface area contributed by atoms with Crippen LogP contribution in [0.15, 0.2) is 18.5 Å². The van der Waals surface area contributed by atoms with E-state index in [0.29, 0.717) is 6.54 Å². The quantitative estimate of drug-likeness (QED) is 0.713. The Balaban J connectivity index is 2.82. The Morgan fingerprint density at radius 3 is 2.75 bits per heavy atom. The number of hydrogen-bond donors (Lipinski definition) is 1. The van der Waals surface area contributed by atoms with E-state index in [4.69, 9.17) is 5.73 Å². The van der Waals surface area contributed by atoms with Crippen LogP contribution in [0.4, 0.5) is 0 Å². The predicted octanol–water partition coefficient (Wildman–Crippen LogP) is 0.602. The summed E-state index contributed by atoms with van der Waals surface area (Å²) in [5, 5.41) is 0. The van der Waals surface area contributed by atoms with Gasteiger partial charge in [-0.2, -0.15) is 0 Å². The molecule has 1 aromatic rings. The van der Waals surface area contributed by atoms with Crippen LogP contribution in [0, 0.1) is 0 Å². The zero-order valence-electron chi connectivity index (χ0n) is 7.62. The molecule has 1 heterocycles. The largest absolute Gasteiger partial charge is 0.326 e. The second kappa shape index (κ2) is 4.18. The summed E-state index contributed by atoms with van der Waals surface area (Å²) in [6.07, 6.45) is 3.64. The van der Waals surface area contributed by atoms with Gasteiger partial charge in [0, 0.05) is 25.5 Å². The Labute approximate surface area is 73.2 Å². The second-order valence-corrected chi connectivity index (χ2v) is 3.09. The molecule has 0 amide bonds. The highest BCUT2D eigenvalue weighted by Gasteiger charge is 2.00. The first-order chi connectivity index (χ1) is 5.74. The van der Waals surface area contributed by atoms with Crippen LogP contribution in [0.5, 0.6) is 0 Å². The molecule has 3 nitrogen and oxygen atoms in total. The molecule has 12 heavy (non-hydrogen) atoms. The third-order valence-corrected chi connectivity index (χ3v) is 1.71. The van der Waals surface area contributed by atoms with Gasteiger partial charge in [-0.1, -0.05) is 0 Å². The molecular weight excluding hydrogens is 150 g/mol.